The summed E-state index contributed by atoms with van der Waals surface area (Å²) in [6, 6.07) is 4.62. The van der Waals surface area contributed by atoms with Gasteiger partial charge in [0.15, 0.2) is 0 Å². The molecule has 1 saturated heterocycles. The second kappa shape index (κ2) is 4.97. The Balaban J connectivity index is 2.27. The molecule has 0 aromatic heterocycles. The first-order valence-corrected chi connectivity index (χ1v) is 6.13. The van der Waals surface area contributed by atoms with Gasteiger partial charge in [0.1, 0.15) is 5.60 Å². The molecule has 1 aromatic carbocycles. The summed E-state index contributed by atoms with van der Waals surface area (Å²) in [6.07, 6.45) is -4.64. The number of hydrogen-bond donors (Lipinski definition) is 1. The first kappa shape index (κ1) is 14.6. The number of benzene rings is 1. The third-order valence-electron chi connectivity index (χ3n) is 3.21. The fourth-order valence-electron chi connectivity index (χ4n) is 2.18. The van der Waals surface area contributed by atoms with E-state index in [9.17, 15) is 18.0 Å². The molecule has 0 spiro atoms. The molecule has 7 heteroatoms. The van der Waals surface area contributed by atoms with Gasteiger partial charge in [0.2, 0.25) is 0 Å². The highest BCUT2D eigenvalue weighted by Crippen LogP contribution is 2.34. The van der Waals surface area contributed by atoms with Crippen molar-refractivity contribution in [3.63, 3.8) is 0 Å². The fourth-order valence-corrected chi connectivity index (χ4v) is 2.18. The van der Waals surface area contributed by atoms with Crippen LogP contribution < -0.4 is 10.6 Å². The second-order valence-corrected chi connectivity index (χ2v) is 4.99. The zero-order valence-electron chi connectivity index (χ0n) is 10.9. The van der Waals surface area contributed by atoms with Crippen molar-refractivity contribution in [1.82, 2.24) is 0 Å². The normalized spacial score (nSPS) is 23.1. The zero-order valence-corrected chi connectivity index (χ0v) is 10.9. The molecule has 1 amide bonds. The Kier molecular flexibility index (Phi) is 3.64. The maximum atomic E-state index is 12.7. The van der Waals surface area contributed by atoms with E-state index >= 15 is 0 Å². The number of halogens is 3. The summed E-state index contributed by atoms with van der Waals surface area (Å²) in [5.41, 5.74) is 4.06. The Morgan fingerprint density at radius 2 is 2.15 bits per heavy atom. The van der Waals surface area contributed by atoms with Crippen LogP contribution in [0.25, 0.3) is 0 Å². The van der Waals surface area contributed by atoms with Crippen molar-refractivity contribution in [2.45, 2.75) is 25.1 Å². The van der Waals surface area contributed by atoms with E-state index in [2.05, 4.69) is 0 Å². The highest BCUT2D eigenvalue weighted by Gasteiger charge is 2.42. The molecule has 4 nitrogen and oxygen atoms in total. The van der Waals surface area contributed by atoms with E-state index in [1.54, 1.807) is 6.92 Å². The Morgan fingerprint density at radius 1 is 1.45 bits per heavy atom. The fraction of sp³-hybridized carbons (Fsp3) is 0.462. The number of cyclic esters (lactones) is 1. The molecule has 1 aromatic rings. The molecule has 0 saturated carbocycles. The summed E-state index contributed by atoms with van der Waals surface area (Å²) in [7, 11) is 0. The third kappa shape index (κ3) is 2.87. The third-order valence-corrected chi connectivity index (χ3v) is 3.21. The van der Waals surface area contributed by atoms with E-state index in [1.807, 2.05) is 0 Å². The average molecular weight is 288 g/mol. The van der Waals surface area contributed by atoms with Crippen LogP contribution in [0, 0.1) is 0 Å². The van der Waals surface area contributed by atoms with Gasteiger partial charge in [-0.15, -0.1) is 0 Å². The smallest absolute Gasteiger partial charge is 0.416 e. The Labute approximate surface area is 114 Å². The van der Waals surface area contributed by atoms with Gasteiger partial charge < -0.3 is 10.5 Å². The number of alkyl halides is 3. The molecule has 1 aliphatic heterocycles. The molecule has 110 valence electrons. The van der Waals surface area contributed by atoms with Crippen LogP contribution in [0.2, 0.25) is 0 Å². The monoisotopic (exact) mass is 288 g/mol. The van der Waals surface area contributed by atoms with Crippen molar-refractivity contribution in [3.8, 4) is 0 Å². The van der Waals surface area contributed by atoms with Crippen LogP contribution in [0.3, 0.4) is 0 Å². The van der Waals surface area contributed by atoms with Gasteiger partial charge in [0.25, 0.3) is 0 Å². The second-order valence-electron chi connectivity index (χ2n) is 4.99. The summed E-state index contributed by atoms with van der Waals surface area (Å²) in [4.78, 5) is 13.0. The largest absolute Gasteiger partial charge is 0.441 e. The minimum absolute atomic E-state index is 0.172. The number of anilines is 1. The molecule has 0 radical (unpaired) electrons. The van der Waals surface area contributed by atoms with E-state index in [-0.39, 0.29) is 12.2 Å². The summed E-state index contributed by atoms with van der Waals surface area (Å²) in [5.74, 6) is 0. The van der Waals surface area contributed by atoms with E-state index in [1.165, 1.54) is 17.0 Å². The highest BCUT2D eigenvalue weighted by atomic mass is 19.4. The van der Waals surface area contributed by atoms with E-state index < -0.39 is 23.4 Å². The van der Waals surface area contributed by atoms with Crippen molar-refractivity contribution in [1.29, 1.82) is 0 Å². The van der Waals surface area contributed by atoms with E-state index in [0.29, 0.717) is 13.0 Å². The van der Waals surface area contributed by atoms with Crippen molar-refractivity contribution < 1.29 is 22.7 Å². The summed E-state index contributed by atoms with van der Waals surface area (Å²) in [5, 5.41) is 0. The number of carbonyl (C=O) groups is 1. The minimum Gasteiger partial charge on any atom is -0.441 e. The maximum Gasteiger partial charge on any atom is 0.416 e. The number of ether oxygens (including phenoxy) is 1. The molecule has 1 unspecified atom stereocenters. The van der Waals surface area contributed by atoms with Gasteiger partial charge >= 0.3 is 12.3 Å². The lowest BCUT2D eigenvalue weighted by Gasteiger charge is -2.20. The van der Waals surface area contributed by atoms with Gasteiger partial charge in [-0.3, -0.25) is 4.90 Å². The first-order valence-electron chi connectivity index (χ1n) is 6.13. The Bertz CT molecular complexity index is 519. The van der Waals surface area contributed by atoms with E-state index in [4.69, 9.17) is 10.5 Å². The predicted octanol–water partition coefficient (Wildman–Crippen LogP) is 2.77. The number of nitrogens with zero attached hydrogens (tertiary/aromatic N) is 1. The van der Waals surface area contributed by atoms with E-state index in [0.717, 1.165) is 12.1 Å². The minimum atomic E-state index is -4.44. The van der Waals surface area contributed by atoms with Gasteiger partial charge in [-0.25, -0.2) is 4.79 Å². The number of nitrogens with two attached hydrogens (primary N) is 1. The molecule has 1 aliphatic rings. The topological polar surface area (TPSA) is 55.6 Å². The maximum absolute atomic E-state index is 12.7. The molecule has 1 atom stereocenters. The van der Waals surface area contributed by atoms with Crippen molar-refractivity contribution in [3.05, 3.63) is 29.8 Å². The SMILES string of the molecule is CC1(CCN)CN(c2cccc(C(F)(F)F)c2)C(=O)O1. The van der Waals surface area contributed by atoms with Gasteiger partial charge in [-0.05, 0) is 31.7 Å². The number of amides is 1. The van der Waals surface area contributed by atoms with Gasteiger partial charge in [0, 0.05) is 12.1 Å². The lowest BCUT2D eigenvalue weighted by molar-refractivity contribution is -0.137. The van der Waals surface area contributed by atoms with Gasteiger partial charge in [-0.2, -0.15) is 13.2 Å². The Morgan fingerprint density at radius 3 is 2.75 bits per heavy atom. The van der Waals surface area contributed by atoms with Crippen LogP contribution in [-0.4, -0.2) is 24.8 Å². The lowest BCUT2D eigenvalue weighted by Crippen LogP contribution is -2.33. The van der Waals surface area contributed by atoms with Crippen LogP contribution in [0.15, 0.2) is 24.3 Å². The highest BCUT2D eigenvalue weighted by molar-refractivity contribution is 5.90. The standard InChI is InChI=1S/C13H15F3N2O2/c1-12(5-6-17)8-18(11(19)20-12)10-4-2-3-9(7-10)13(14,15)16/h2-4,7H,5-6,8,17H2,1H3. The molecule has 0 bridgehead atoms. The van der Waals surface area contributed by atoms with Crippen LogP contribution in [0.1, 0.15) is 18.9 Å². The van der Waals surface area contributed by atoms with Crippen LogP contribution >= 0.6 is 0 Å². The molecular formula is C13H15F3N2O2. The number of hydrogen-bond acceptors (Lipinski definition) is 3. The number of carbonyl (C=O) groups excluding carboxylic acids is 1. The van der Waals surface area contributed by atoms with Gasteiger partial charge in [-0.1, -0.05) is 6.07 Å². The predicted molar refractivity (Wildman–Crippen MR) is 67.3 cm³/mol. The van der Waals surface area contributed by atoms with Gasteiger partial charge in [0.05, 0.1) is 12.1 Å². The van der Waals surface area contributed by atoms with Crippen molar-refractivity contribution >= 4 is 11.8 Å². The molecular weight excluding hydrogens is 273 g/mol. The molecule has 2 rings (SSSR count). The quantitative estimate of drug-likeness (QED) is 0.930. The molecule has 0 aliphatic carbocycles. The average Bonchev–Trinajstić information content (AvgIpc) is 2.64. The lowest BCUT2D eigenvalue weighted by atomic mass is 10.0. The van der Waals surface area contributed by atoms with Crippen molar-refractivity contribution in [2.75, 3.05) is 18.0 Å². The van der Waals surface area contributed by atoms with Crippen LogP contribution in [-0.2, 0) is 10.9 Å². The summed E-state index contributed by atoms with van der Waals surface area (Å²) < 4.78 is 43.2. The number of rotatable bonds is 3. The molecule has 1 heterocycles. The zero-order chi connectivity index (χ0) is 15.0. The summed E-state index contributed by atoms with van der Waals surface area (Å²) in [6.45, 7) is 2.23. The van der Waals surface area contributed by atoms with Crippen molar-refractivity contribution in [2.24, 2.45) is 5.73 Å². The van der Waals surface area contributed by atoms with Crippen LogP contribution in [0.4, 0.5) is 23.7 Å². The molecule has 2 N–H and O–H groups in total. The molecule has 20 heavy (non-hydrogen) atoms. The van der Waals surface area contributed by atoms with Crippen LogP contribution in [0.5, 0.6) is 0 Å². The molecule has 1 fully saturated rings. The summed E-state index contributed by atoms with van der Waals surface area (Å²) >= 11 is 0. The first-order chi connectivity index (χ1) is 9.25. The Hall–Kier alpha value is -1.76.